The molecule has 2 aromatic carbocycles. The Morgan fingerprint density at radius 3 is 2.72 bits per heavy atom. The predicted octanol–water partition coefficient (Wildman–Crippen LogP) is 3.91. The third-order valence-electron chi connectivity index (χ3n) is 4.28. The Morgan fingerprint density at radius 1 is 1.14 bits per heavy atom. The van der Waals surface area contributed by atoms with Crippen molar-refractivity contribution in [2.75, 3.05) is 10.0 Å². The van der Waals surface area contributed by atoms with Crippen LogP contribution in [0.15, 0.2) is 65.0 Å². The van der Waals surface area contributed by atoms with Gasteiger partial charge in [0, 0.05) is 28.2 Å². The maximum atomic E-state index is 12.4. The molecule has 0 radical (unpaired) electrons. The van der Waals surface area contributed by atoms with Gasteiger partial charge in [-0.3, -0.25) is 9.52 Å². The number of sulfonamides is 1. The highest BCUT2D eigenvalue weighted by molar-refractivity contribution is 7.93. The number of H-pyrrole nitrogens is 1. The van der Waals surface area contributed by atoms with Crippen molar-refractivity contribution in [1.82, 2.24) is 9.97 Å². The lowest BCUT2D eigenvalue weighted by Gasteiger charge is -2.05. The summed E-state index contributed by atoms with van der Waals surface area (Å²) in [5.41, 5.74) is 3.16. The lowest BCUT2D eigenvalue weighted by atomic mass is 10.2. The monoisotopic (exact) mass is 426 g/mol. The van der Waals surface area contributed by atoms with Crippen LogP contribution in [0.5, 0.6) is 0 Å². The number of hydrogen-bond donors (Lipinski definition) is 3. The Balaban J connectivity index is 1.40. The van der Waals surface area contributed by atoms with E-state index in [2.05, 4.69) is 20.0 Å². The summed E-state index contributed by atoms with van der Waals surface area (Å²) in [6, 6.07) is 14.1. The topological polar surface area (TPSA) is 104 Å². The van der Waals surface area contributed by atoms with Gasteiger partial charge in [-0.05, 0) is 43.3 Å². The molecule has 9 heteroatoms. The number of aromatic amines is 1. The van der Waals surface area contributed by atoms with E-state index in [1.165, 1.54) is 0 Å². The number of aromatic nitrogens is 2. The number of aryl methyl sites for hydroxylation is 1. The molecule has 0 bridgehead atoms. The van der Waals surface area contributed by atoms with Gasteiger partial charge in [-0.15, -0.1) is 11.3 Å². The molecule has 0 saturated carbocycles. The zero-order valence-electron chi connectivity index (χ0n) is 15.5. The van der Waals surface area contributed by atoms with E-state index in [0.29, 0.717) is 11.4 Å². The van der Waals surface area contributed by atoms with Gasteiger partial charge in [0.2, 0.25) is 5.91 Å². The van der Waals surface area contributed by atoms with Crippen LogP contribution in [0.4, 0.5) is 10.8 Å². The standard InChI is InChI=1S/C20H18N4O3S2/c1-13-2-5-17(6-3-13)29(26,27)24-20-23-16(12-28-20)11-19(25)22-15-4-7-18-14(10-15)8-9-21-18/h2-10,12,21H,11H2,1H3,(H,22,25)(H,23,24). The quantitative estimate of drug-likeness (QED) is 0.435. The van der Waals surface area contributed by atoms with Crippen molar-refractivity contribution in [3.05, 3.63) is 71.4 Å². The number of benzene rings is 2. The first-order chi connectivity index (χ1) is 13.9. The molecule has 1 amide bonds. The summed E-state index contributed by atoms with van der Waals surface area (Å²) in [4.78, 5) is 19.8. The van der Waals surface area contributed by atoms with Crippen LogP contribution >= 0.6 is 11.3 Å². The summed E-state index contributed by atoms with van der Waals surface area (Å²) < 4.78 is 27.3. The van der Waals surface area contributed by atoms with Crippen molar-refractivity contribution in [3.8, 4) is 0 Å². The molecule has 0 aliphatic rings. The van der Waals surface area contributed by atoms with E-state index in [9.17, 15) is 13.2 Å². The first-order valence-electron chi connectivity index (χ1n) is 8.80. The van der Waals surface area contributed by atoms with E-state index in [1.54, 1.807) is 29.6 Å². The maximum Gasteiger partial charge on any atom is 0.263 e. The number of nitrogens with one attached hydrogen (secondary N) is 3. The summed E-state index contributed by atoms with van der Waals surface area (Å²) in [5.74, 6) is -0.224. The van der Waals surface area contributed by atoms with Crippen molar-refractivity contribution >= 4 is 49.0 Å². The number of carbonyl (C=O) groups excluding carboxylic acids is 1. The predicted molar refractivity (Wildman–Crippen MR) is 115 cm³/mol. The van der Waals surface area contributed by atoms with E-state index in [4.69, 9.17) is 0 Å². The van der Waals surface area contributed by atoms with Crippen molar-refractivity contribution in [3.63, 3.8) is 0 Å². The smallest absolute Gasteiger partial charge is 0.263 e. The summed E-state index contributed by atoms with van der Waals surface area (Å²) in [5, 5.41) is 5.73. The highest BCUT2D eigenvalue weighted by atomic mass is 32.2. The normalized spacial score (nSPS) is 11.5. The zero-order chi connectivity index (χ0) is 20.4. The fraction of sp³-hybridized carbons (Fsp3) is 0.100. The third kappa shape index (κ3) is 4.47. The average Bonchev–Trinajstić information content (AvgIpc) is 3.30. The molecule has 3 N–H and O–H groups in total. The maximum absolute atomic E-state index is 12.4. The van der Waals surface area contributed by atoms with Gasteiger partial charge in [0.05, 0.1) is 17.0 Å². The number of amides is 1. The summed E-state index contributed by atoms with van der Waals surface area (Å²) >= 11 is 1.14. The fourth-order valence-corrected chi connectivity index (χ4v) is 4.79. The SMILES string of the molecule is Cc1ccc(S(=O)(=O)Nc2nc(CC(=O)Nc3ccc4[nH]ccc4c3)cs2)cc1. The molecule has 0 saturated heterocycles. The molecule has 0 fully saturated rings. The molecular formula is C20H18N4O3S2. The number of fused-ring (bicyclic) bond motifs is 1. The molecule has 0 atom stereocenters. The molecule has 2 heterocycles. The molecule has 4 aromatic rings. The highest BCUT2D eigenvalue weighted by Gasteiger charge is 2.16. The number of anilines is 2. The number of thiazole rings is 1. The first kappa shape index (κ1) is 19.2. The molecule has 0 aliphatic carbocycles. The lowest BCUT2D eigenvalue weighted by Crippen LogP contribution is -2.15. The Kier molecular flexibility index (Phi) is 5.08. The summed E-state index contributed by atoms with van der Waals surface area (Å²) in [6.45, 7) is 1.89. The molecule has 0 aliphatic heterocycles. The highest BCUT2D eigenvalue weighted by Crippen LogP contribution is 2.22. The van der Waals surface area contributed by atoms with Gasteiger partial charge in [-0.2, -0.15) is 0 Å². The fourth-order valence-electron chi connectivity index (χ4n) is 2.83. The summed E-state index contributed by atoms with van der Waals surface area (Å²) in [7, 11) is -3.71. The van der Waals surface area contributed by atoms with Crippen LogP contribution in [-0.2, 0) is 21.2 Å². The Labute approximate surface area is 171 Å². The van der Waals surface area contributed by atoms with E-state index < -0.39 is 10.0 Å². The van der Waals surface area contributed by atoms with Crippen LogP contribution in [0, 0.1) is 6.92 Å². The van der Waals surface area contributed by atoms with E-state index in [0.717, 1.165) is 27.8 Å². The van der Waals surface area contributed by atoms with E-state index in [1.807, 2.05) is 37.4 Å². The Hall–Kier alpha value is -3.17. The Morgan fingerprint density at radius 2 is 1.93 bits per heavy atom. The average molecular weight is 427 g/mol. The molecule has 148 valence electrons. The van der Waals surface area contributed by atoms with Crippen molar-refractivity contribution in [2.45, 2.75) is 18.2 Å². The van der Waals surface area contributed by atoms with Crippen LogP contribution in [0.3, 0.4) is 0 Å². The Bertz CT molecular complexity index is 1270. The van der Waals surface area contributed by atoms with Gasteiger partial charge in [0.25, 0.3) is 10.0 Å². The van der Waals surface area contributed by atoms with Crippen LogP contribution < -0.4 is 10.0 Å². The van der Waals surface area contributed by atoms with E-state index in [-0.39, 0.29) is 22.4 Å². The lowest BCUT2D eigenvalue weighted by molar-refractivity contribution is -0.115. The van der Waals surface area contributed by atoms with E-state index >= 15 is 0 Å². The van der Waals surface area contributed by atoms with Gasteiger partial charge in [-0.1, -0.05) is 17.7 Å². The minimum absolute atomic E-state index is 0.0495. The van der Waals surface area contributed by atoms with Crippen LogP contribution in [0.1, 0.15) is 11.3 Å². The molecule has 0 unspecified atom stereocenters. The van der Waals surface area contributed by atoms with Gasteiger partial charge in [0.15, 0.2) is 5.13 Å². The van der Waals surface area contributed by atoms with Gasteiger partial charge in [-0.25, -0.2) is 13.4 Å². The molecular weight excluding hydrogens is 408 g/mol. The van der Waals surface area contributed by atoms with Crippen LogP contribution in [0.25, 0.3) is 10.9 Å². The first-order valence-corrected chi connectivity index (χ1v) is 11.2. The molecule has 4 rings (SSSR count). The second-order valence-electron chi connectivity index (χ2n) is 6.57. The minimum Gasteiger partial charge on any atom is -0.361 e. The molecule has 2 aromatic heterocycles. The van der Waals surface area contributed by atoms with Crippen LogP contribution in [0.2, 0.25) is 0 Å². The van der Waals surface area contributed by atoms with Gasteiger partial charge < -0.3 is 10.3 Å². The second kappa shape index (κ2) is 7.69. The van der Waals surface area contributed by atoms with Gasteiger partial charge in [0.1, 0.15) is 0 Å². The van der Waals surface area contributed by atoms with Crippen molar-refractivity contribution in [2.24, 2.45) is 0 Å². The second-order valence-corrected chi connectivity index (χ2v) is 9.11. The minimum atomic E-state index is -3.71. The third-order valence-corrected chi connectivity index (χ3v) is 6.57. The number of rotatable bonds is 6. The summed E-state index contributed by atoms with van der Waals surface area (Å²) in [6.07, 6.45) is 1.89. The molecule has 29 heavy (non-hydrogen) atoms. The van der Waals surface area contributed by atoms with Crippen LogP contribution in [-0.4, -0.2) is 24.3 Å². The largest absolute Gasteiger partial charge is 0.361 e. The van der Waals surface area contributed by atoms with Crippen molar-refractivity contribution in [1.29, 1.82) is 0 Å². The number of carbonyl (C=O) groups is 1. The molecule has 7 nitrogen and oxygen atoms in total. The molecule has 0 spiro atoms. The van der Waals surface area contributed by atoms with Crippen molar-refractivity contribution < 1.29 is 13.2 Å². The number of hydrogen-bond acceptors (Lipinski definition) is 5. The zero-order valence-corrected chi connectivity index (χ0v) is 17.1. The number of nitrogens with zero attached hydrogens (tertiary/aromatic N) is 1. The van der Waals surface area contributed by atoms with Gasteiger partial charge >= 0.3 is 0 Å².